The van der Waals surface area contributed by atoms with Gasteiger partial charge in [-0.25, -0.2) is 0 Å². The zero-order valence-corrected chi connectivity index (χ0v) is 23.2. The van der Waals surface area contributed by atoms with E-state index in [9.17, 15) is 14.4 Å². The molecule has 0 spiro atoms. The van der Waals surface area contributed by atoms with Crippen LogP contribution in [-0.2, 0) is 28.6 Å². The highest BCUT2D eigenvalue weighted by molar-refractivity contribution is 5.69. The summed E-state index contributed by atoms with van der Waals surface area (Å²) in [6.07, 6.45) is 12.9. The summed E-state index contributed by atoms with van der Waals surface area (Å²) in [4.78, 5) is 36.2. The summed E-state index contributed by atoms with van der Waals surface area (Å²) in [5.41, 5.74) is 1.09. The third-order valence-corrected chi connectivity index (χ3v) is 10.9. The van der Waals surface area contributed by atoms with Crippen LogP contribution < -0.4 is 0 Å². The minimum Gasteiger partial charge on any atom is -0.469 e. The van der Waals surface area contributed by atoms with Crippen LogP contribution in [0.3, 0.4) is 0 Å². The Bertz CT molecular complexity index is 891. The van der Waals surface area contributed by atoms with Gasteiger partial charge in [-0.3, -0.25) is 14.4 Å². The molecule has 4 rings (SSSR count). The lowest BCUT2D eigenvalue weighted by atomic mass is 9.45. The van der Waals surface area contributed by atoms with Gasteiger partial charge in [0, 0.05) is 26.7 Å². The molecule has 0 N–H and O–H groups in total. The van der Waals surface area contributed by atoms with Crippen molar-refractivity contribution in [2.45, 2.75) is 111 Å². The monoisotopic (exact) mass is 502 g/mol. The van der Waals surface area contributed by atoms with Gasteiger partial charge in [0.1, 0.15) is 0 Å². The second-order valence-electron chi connectivity index (χ2n) is 12.5. The van der Waals surface area contributed by atoms with Gasteiger partial charge in [-0.15, -0.1) is 0 Å². The summed E-state index contributed by atoms with van der Waals surface area (Å²) < 4.78 is 16.9. The Morgan fingerprint density at radius 1 is 1.03 bits per heavy atom. The van der Waals surface area contributed by atoms with Gasteiger partial charge in [0.05, 0.1) is 12.5 Å². The van der Waals surface area contributed by atoms with Crippen LogP contribution in [0.2, 0.25) is 0 Å². The molecule has 3 saturated carbocycles. The number of carbonyl (C=O) groups excluding carboxylic acids is 3. The lowest BCUT2D eigenvalue weighted by Gasteiger charge is -2.62. The number of methoxy groups -OCH3 is 1. The third kappa shape index (κ3) is 4.41. The van der Waals surface area contributed by atoms with Crippen LogP contribution >= 0.6 is 0 Å². The van der Waals surface area contributed by atoms with Gasteiger partial charge >= 0.3 is 17.9 Å². The lowest BCUT2D eigenvalue weighted by molar-refractivity contribution is -0.289. The van der Waals surface area contributed by atoms with E-state index in [0.717, 1.165) is 44.9 Å². The highest BCUT2D eigenvalue weighted by atomic mass is 16.7. The molecule has 0 amide bonds. The molecule has 0 radical (unpaired) electrons. The Hall–Kier alpha value is -1.85. The van der Waals surface area contributed by atoms with Crippen LogP contribution in [0.25, 0.3) is 0 Å². The number of esters is 3. The highest BCUT2D eigenvalue weighted by Crippen LogP contribution is 2.69. The molecule has 4 aliphatic rings. The maximum Gasteiger partial charge on any atom is 0.305 e. The Kier molecular flexibility index (Phi) is 7.65. The topological polar surface area (TPSA) is 78.9 Å². The first-order valence-electron chi connectivity index (χ1n) is 14.1. The highest BCUT2D eigenvalue weighted by Gasteiger charge is 2.67. The van der Waals surface area contributed by atoms with Crippen molar-refractivity contribution in [1.29, 1.82) is 0 Å². The summed E-state index contributed by atoms with van der Waals surface area (Å²) in [5, 5.41) is 0. The van der Waals surface area contributed by atoms with Gasteiger partial charge in [0.2, 0.25) is 0 Å². The van der Waals surface area contributed by atoms with Crippen LogP contribution in [0, 0.1) is 40.4 Å². The predicted molar refractivity (Wildman–Crippen MR) is 136 cm³/mol. The van der Waals surface area contributed by atoms with Crippen molar-refractivity contribution >= 4 is 17.9 Å². The number of allylic oxidation sites excluding steroid dienone is 1. The molecular weight excluding hydrogens is 456 g/mol. The lowest BCUT2D eigenvalue weighted by Crippen LogP contribution is -2.63. The van der Waals surface area contributed by atoms with E-state index < -0.39 is 11.2 Å². The van der Waals surface area contributed by atoms with Crippen LogP contribution in [0.15, 0.2) is 11.6 Å². The molecular formula is C30H46O6. The fourth-order valence-electron chi connectivity index (χ4n) is 9.37. The molecule has 0 heterocycles. The minimum absolute atomic E-state index is 0.118. The van der Waals surface area contributed by atoms with Crippen molar-refractivity contribution in [1.82, 2.24) is 0 Å². The minimum atomic E-state index is -1.22. The van der Waals surface area contributed by atoms with Crippen LogP contribution in [0.4, 0.5) is 0 Å². The van der Waals surface area contributed by atoms with E-state index in [2.05, 4.69) is 26.8 Å². The standard InChI is InChI=1S/C30H46O6/c1-19(9-7-11-27(33)34-6)24-14-15-25-23-13-12-22-10-8-17-30(35-20(2)31,36-21(3)32)29(22,5)26(23)16-18-28(24,25)4/h12,19,23-26H,7-11,13-18H2,1-6H3/t19-,23+,24-,25+,26+,28-,29+/m1/s1. The fourth-order valence-corrected chi connectivity index (χ4v) is 9.37. The third-order valence-electron chi connectivity index (χ3n) is 10.9. The SMILES string of the molecule is COC(=O)CCC[C@@H](C)[C@H]1CC[C@H]2[C@@H]3CC=C4CCCC(OC(C)=O)(OC(C)=O)[C@]4(C)[C@H]3CC[C@]12C. The molecule has 6 heteroatoms. The molecule has 4 aliphatic carbocycles. The van der Waals surface area contributed by atoms with Crippen molar-refractivity contribution in [3.05, 3.63) is 11.6 Å². The van der Waals surface area contributed by atoms with E-state index in [0.29, 0.717) is 42.4 Å². The van der Waals surface area contributed by atoms with Crippen LogP contribution in [-0.4, -0.2) is 30.8 Å². The molecule has 7 atom stereocenters. The second-order valence-corrected chi connectivity index (χ2v) is 12.5. The zero-order chi connectivity index (χ0) is 26.3. The van der Waals surface area contributed by atoms with Gasteiger partial charge in [-0.05, 0) is 99.7 Å². The molecule has 0 saturated heterocycles. The first-order valence-corrected chi connectivity index (χ1v) is 14.1. The van der Waals surface area contributed by atoms with Crippen molar-refractivity contribution in [3.63, 3.8) is 0 Å². The van der Waals surface area contributed by atoms with E-state index >= 15 is 0 Å². The van der Waals surface area contributed by atoms with Gasteiger partial charge < -0.3 is 14.2 Å². The molecule has 0 bridgehead atoms. The summed E-state index contributed by atoms with van der Waals surface area (Å²) in [6.45, 7) is 9.94. The molecule has 0 aliphatic heterocycles. The Balaban J connectivity index is 1.60. The Morgan fingerprint density at radius 3 is 2.36 bits per heavy atom. The van der Waals surface area contributed by atoms with Gasteiger partial charge in [0.15, 0.2) is 0 Å². The summed E-state index contributed by atoms with van der Waals surface area (Å²) in [7, 11) is 1.46. The molecule has 6 nitrogen and oxygen atoms in total. The van der Waals surface area contributed by atoms with Crippen LogP contribution in [0.1, 0.15) is 105 Å². The zero-order valence-electron chi connectivity index (χ0n) is 23.2. The van der Waals surface area contributed by atoms with Crippen molar-refractivity contribution < 1.29 is 28.6 Å². The number of ether oxygens (including phenoxy) is 3. The number of carbonyl (C=O) groups is 3. The molecule has 0 aromatic rings. The van der Waals surface area contributed by atoms with E-state index in [1.54, 1.807) is 0 Å². The fraction of sp³-hybridized carbons (Fsp3) is 0.833. The maximum atomic E-state index is 12.3. The van der Waals surface area contributed by atoms with Crippen LogP contribution in [0.5, 0.6) is 0 Å². The summed E-state index contributed by atoms with van der Waals surface area (Å²) in [6, 6.07) is 0. The number of rotatable bonds is 7. The van der Waals surface area contributed by atoms with Gasteiger partial charge in [0.25, 0.3) is 5.79 Å². The average Bonchev–Trinajstić information content (AvgIpc) is 3.16. The average molecular weight is 503 g/mol. The normalized spacial score (nSPS) is 37.4. The second kappa shape index (κ2) is 10.1. The van der Waals surface area contributed by atoms with Crippen molar-refractivity contribution in [3.8, 4) is 0 Å². The molecule has 202 valence electrons. The van der Waals surface area contributed by atoms with Gasteiger partial charge in [-0.2, -0.15) is 0 Å². The molecule has 0 aromatic heterocycles. The number of hydrogen-bond donors (Lipinski definition) is 0. The van der Waals surface area contributed by atoms with Crippen molar-refractivity contribution in [2.75, 3.05) is 7.11 Å². The number of hydrogen-bond acceptors (Lipinski definition) is 6. The molecule has 0 unspecified atom stereocenters. The molecule has 0 aromatic carbocycles. The Labute approximate surface area is 216 Å². The number of fused-ring (bicyclic) bond motifs is 5. The Morgan fingerprint density at radius 2 is 1.72 bits per heavy atom. The van der Waals surface area contributed by atoms with E-state index in [4.69, 9.17) is 14.2 Å². The van der Waals surface area contributed by atoms with E-state index in [-0.39, 0.29) is 23.3 Å². The van der Waals surface area contributed by atoms with E-state index in [1.807, 2.05) is 0 Å². The van der Waals surface area contributed by atoms with Crippen molar-refractivity contribution in [2.24, 2.45) is 40.4 Å². The van der Waals surface area contributed by atoms with Gasteiger partial charge in [-0.1, -0.05) is 25.5 Å². The first-order chi connectivity index (χ1) is 17.0. The maximum absolute atomic E-state index is 12.3. The summed E-state index contributed by atoms with van der Waals surface area (Å²) >= 11 is 0. The molecule has 3 fully saturated rings. The first kappa shape index (κ1) is 27.2. The predicted octanol–water partition coefficient (Wildman–Crippen LogP) is 6.37. The quantitative estimate of drug-likeness (QED) is 0.229. The smallest absolute Gasteiger partial charge is 0.305 e. The van der Waals surface area contributed by atoms with E-state index in [1.165, 1.54) is 39.4 Å². The molecule has 36 heavy (non-hydrogen) atoms. The largest absolute Gasteiger partial charge is 0.469 e. The summed E-state index contributed by atoms with van der Waals surface area (Å²) in [5.74, 6) is 0.536.